The number of nitrogens with one attached hydrogen (secondary N) is 1. The van der Waals surface area contributed by atoms with Gasteiger partial charge in [-0.25, -0.2) is 4.98 Å². The van der Waals surface area contributed by atoms with E-state index in [9.17, 15) is 5.26 Å². The normalized spacial score (nSPS) is 24.6. The Morgan fingerprint density at radius 3 is 2.62 bits per heavy atom. The van der Waals surface area contributed by atoms with E-state index in [0.29, 0.717) is 17.1 Å². The monoisotopic (exact) mass is 498 g/mol. The Kier molecular flexibility index (Phi) is 6.63. The van der Waals surface area contributed by atoms with Crippen molar-refractivity contribution in [1.82, 2.24) is 25.2 Å². The van der Waals surface area contributed by atoms with Crippen molar-refractivity contribution >= 4 is 22.5 Å². The van der Waals surface area contributed by atoms with Gasteiger partial charge in [-0.05, 0) is 49.6 Å². The van der Waals surface area contributed by atoms with Gasteiger partial charge in [0.15, 0.2) is 0 Å². The van der Waals surface area contributed by atoms with Crippen molar-refractivity contribution < 1.29 is 4.74 Å². The number of hydrogen-bond acceptors (Lipinski definition) is 9. The van der Waals surface area contributed by atoms with Gasteiger partial charge in [-0.3, -0.25) is 14.9 Å². The molecule has 2 aromatic heterocycles. The van der Waals surface area contributed by atoms with Gasteiger partial charge < -0.3 is 19.9 Å². The molecule has 0 aliphatic carbocycles. The van der Waals surface area contributed by atoms with Crippen LogP contribution in [0.2, 0.25) is 0 Å². The molecule has 0 bridgehead atoms. The first-order valence-corrected chi connectivity index (χ1v) is 13.3. The van der Waals surface area contributed by atoms with Gasteiger partial charge in [-0.2, -0.15) is 5.26 Å². The third-order valence-electron chi connectivity index (χ3n) is 7.78. The Hall–Kier alpha value is -3.32. The number of fused-ring (bicyclic) bond motifs is 2. The highest BCUT2D eigenvalue weighted by molar-refractivity contribution is 5.92. The van der Waals surface area contributed by atoms with Crippen molar-refractivity contribution in [2.75, 3.05) is 55.6 Å². The Balaban J connectivity index is 1.10. The number of morpholine rings is 1. The summed E-state index contributed by atoms with van der Waals surface area (Å²) >= 11 is 0. The number of hydrogen-bond donors (Lipinski definition) is 1. The largest absolute Gasteiger partial charge is 0.370 e. The van der Waals surface area contributed by atoms with Crippen molar-refractivity contribution in [3.05, 3.63) is 53.5 Å². The average molecular weight is 499 g/mol. The van der Waals surface area contributed by atoms with E-state index >= 15 is 0 Å². The van der Waals surface area contributed by atoms with E-state index in [0.717, 1.165) is 75.8 Å². The predicted molar refractivity (Wildman–Crippen MR) is 144 cm³/mol. The van der Waals surface area contributed by atoms with E-state index in [1.54, 1.807) is 12.4 Å². The molecule has 3 atom stereocenters. The Labute approximate surface area is 218 Å². The zero-order valence-corrected chi connectivity index (χ0v) is 21.6. The van der Waals surface area contributed by atoms with E-state index < -0.39 is 0 Å². The molecule has 9 nitrogen and oxygen atoms in total. The first kappa shape index (κ1) is 24.0. The summed E-state index contributed by atoms with van der Waals surface area (Å²) in [5.74, 6) is 1.11. The maximum Gasteiger partial charge on any atom is 0.128 e. The topological polar surface area (TPSA) is 93.4 Å². The Bertz CT molecular complexity index is 1320. The van der Waals surface area contributed by atoms with Crippen molar-refractivity contribution in [2.24, 2.45) is 0 Å². The van der Waals surface area contributed by atoms with Crippen LogP contribution < -0.4 is 15.1 Å². The van der Waals surface area contributed by atoms with Crippen LogP contribution in [-0.2, 0) is 17.7 Å². The molecule has 0 radical (unpaired) electrons. The van der Waals surface area contributed by atoms with Crippen molar-refractivity contribution in [3.8, 4) is 6.07 Å². The van der Waals surface area contributed by atoms with Crippen molar-refractivity contribution in [3.63, 3.8) is 0 Å². The fraction of sp³-hybridized carbons (Fsp3) is 0.500. The number of pyridine rings is 1. The molecule has 3 aromatic rings. The SMILES string of the molecule is C[C@@H]1Cc2cc(N3CCN(C[C@H]4CN(c5ccc(C#N)c6nccnc56)C[C@@H](C)O4)CC3)ncc2CN1. The molecule has 192 valence electrons. The minimum absolute atomic E-state index is 0.105. The maximum atomic E-state index is 9.49. The quantitative estimate of drug-likeness (QED) is 0.582. The van der Waals surface area contributed by atoms with Crippen LogP contribution in [0.5, 0.6) is 0 Å². The number of ether oxygens (including phenoxy) is 1. The van der Waals surface area contributed by atoms with E-state index in [2.05, 4.69) is 62.2 Å². The third kappa shape index (κ3) is 4.97. The number of benzene rings is 1. The third-order valence-corrected chi connectivity index (χ3v) is 7.78. The molecule has 0 unspecified atom stereocenters. The minimum atomic E-state index is 0.105. The molecule has 0 amide bonds. The molecule has 9 heteroatoms. The summed E-state index contributed by atoms with van der Waals surface area (Å²) in [5.41, 5.74) is 5.79. The molecule has 0 saturated carbocycles. The standard InChI is InChI=1S/C28H34N8O/c1-19-11-22-12-26(33-15-23(22)14-32-19)35-9-7-34(8-10-35)17-24-18-36(16-20(2)37-24)25-4-3-21(13-29)27-28(25)31-6-5-30-27/h3-6,12,15,19-20,24,32H,7-11,14,16-18H2,1-2H3/t19-,20-,24+/m1/s1. The number of nitrogens with zero attached hydrogens (tertiary/aromatic N) is 7. The molecule has 1 N–H and O–H groups in total. The summed E-state index contributed by atoms with van der Waals surface area (Å²) in [4.78, 5) is 21.1. The number of piperazine rings is 1. The Morgan fingerprint density at radius 1 is 1.00 bits per heavy atom. The molecule has 3 aliphatic rings. The molecular formula is C28H34N8O. The molecule has 3 aliphatic heterocycles. The van der Waals surface area contributed by atoms with Crippen LogP contribution in [0.1, 0.15) is 30.5 Å². The highest BCUT2D eigenvalue weighted by Crippen LogP contribution is 2.29. The van der Waals surface area contributed by atoms with Crippen LogP contribution in [-0.4, -0.2) is 83.9 Å². The van der Waals surface area contributed by atoms with Crippen LogP contribution in [0.25, 0.3) is 11.0 Å². The molecule has 1 aromatic carbocycles. The maximum absolute atomic E-state index is 9.49. The second kappa shape index (κ2) is 10.2. The highest BCUT2D eigenvalue weighted by atomic mass is 16.5. The molecule has 2 saturated heterocycles. The van der Waals surface area contributed by atoms with Gasteiger partial charge in [0.25, 0.3) is 0 Å². The summed E-state index contributed by atoms with van der Waals surface area (Å²) in [6.45, 7) is 11.7. The van der Waals surface area contributed by atoms with Crippen LogP contribution >= 0.6 is 0 Å². The van der Waals surface area contributed by atoms with E-state index in [4.69, 9.17) is 9.72 Å². The first-order valence-electron chi connectivity index (χ1n) is 13.3. The molecular weight excluding hydrogens is 464 g/mol. The second-order valence-electron chi connectivity index (χ2n) is 10.6. The molecule has 2 fully saturated rings. The molecule has 6 rings (SSSR count). The van der Waals surface area contributed by atoms with Gasteiger partial charge >= 0.3 is 0 Å². The average Bonchev–Trinajstić information content (AvgIpc) is 2.92. The summed E-state index contributed by atoms with van der Waals surface area (Å²) < 4.78 is 6.38. The summed E-state index contributed by atoms with van der Waals surface area (Å²) in [7, 11) is 0. The van der Waals surface area contributed by atoms with Crippen LogP contribution in [0.15, 0.2) is 36.8 Å². The van der Waals surface area contributed by atoms with Crippen molar-refractivity contribution in [1.29, 1.82) is 5.26 Å². The molecule has 5 heterocycles. The van der Waals surface area contributed by atoms with Gasteiger partial charge in [0.05, 0.1) is 23.5 Å². The molecule has 37 heavy (non-hydrogen) atoms. The van der Waals surface area contributed by atoms with E-state index in [1.807, 2.05) is 12.1 Å². The lowest BCUT2D eigenvalue weighted by Gasteiger charge is -2.42. The smallest absolute Gasteiger partial charge is 0.128 e. The van der Waals surface area contributed by atoms with Gasteiger partial charge in [0, 0.05) is 77.0 Å². The fourth-order valence-electron chi connectivity index (χ4n) is 5.90. The fourth-order valence-corrected chi connectivity index (χ4v) is 5.90. The van der Waals surface area contributed by atoms with Gasteiger partial charge in [0.2, 0.25) is 0 Å². The highest BCUT2D eigenvalue weighted by Gasteiger charge is 2.30. The number of aromatic nitrogens is 3. The summed E-state index contributed by atoms with van der Waals surface area (Å²) in [6, 6.07) is 8.92. The second-order valence-corrected chi connectivity index (χ2v) is 10.6. The van der Waals surface area contributed by atoms with Gasteiger partial charge in [-0.1, -0.05) is 0 Å². The first-order chi connectivity index (χ1) is 18.1. The zero-order chi connectivity index (χ0) is 25.4. The zero-order valence-electron chi connectivity index (χ0n) is 21.6. The van der Waals surface area contributed by atoms with E-state index in [1.165, 1.54) is 11.1 Å². The number of nitriles is 1. The number of anilines is 2. The van der Waals surface area contributed by atoms with Crippen LogP contribution in [0.3, 0.4) is 0 Å². The lowest BCUT2D eigenvalue weighted by atomic mass is 9.98. The number of rotatable bonds is 4. The summed E-state index contributed by atoms with van der Waals surface area (Å²) in [5, 5.41) is 13.0. The van der Waals surface area contributed by atoms with Crippen LogP contribution in [0, 0.1) is 11.3 Å². The van der Waals surface area contributed by atoms with Gasteiger partial charge in [0.1, 0.15) is 22.9 Å². The van der Waals surface area contributed by atoms with Crippen LogP contribution in [0.4, 0.5) is 11.5 Å². The lowest BCUT2D eigenvalue weighted by molar-refractivity contribution is -0.0327. The predicted octanol–water partition coefficient (Wildman–Crippen LogP) is 2.35. The Morgan fingerprint density at radius 2 is 1.81 bits per heavy atom. The lowest BCUT2D eigenvalue weighted by Crippen LogP contribution is -2.54. The van der Waals surface area contributed by atoms with Gasteiger partial charge in [-0.15, -0.1) is 0 Å². The molecule has 0 spiro atoms. The summed E-state index contributed by atoms with van der Waals surface area (Å²) in [6.07, 6.45) is 6.68. The van der Waals surface area contributed by atoms with E-state index in [-0.39, 0.29) is 12.2 Å². The minimum Gasteiger partial charge on any atom is -0.370 e. The van der Waals surface area contributed by atoms with Crippen molar-refractivity contribution in [2.45, 2.75) is 45.1 Å².